The van der Waals surface area contributed by atoms with Crippen LogP contribution < -0.4 is 5.73 Å². The molecule has 0 amide bonds. The van der Waals surface area contributed by atoms with Gasteiger partial charge < -0.3 is 5.73 Å². The van der Waals surface area contributed by atoms with Crippen molar-refractivity contribution < 1.29 is 13.2 Å². The lowest BCUT2D eigenvalue weighted by Gasteiger charge is -2.18. The molecule has 2 rings (SSSR count). The number of rotatable bonds is 2. The molecular weight excluding hydrogens is 318 g/mol. The van der Waals surface area contributed by atoms with Crippen molar-refractivity contribution >= 4 is 35.3 Å². The fourth-order valence-electron chi connectivity index (χ4n) is 1.68. The van der Waals surface area contributed by atoms with Gasteiger partial charge in [-0.25, -0.2) is 0 Å². The topological polar surface area (TPSA) is 26.0 Å². The van der Waals surface area contributed by atoms with Crippen molar-refractivity contribution in [2.45, 2.75) is 12.2 Å². The van der Waals surface area contributed by atoms with E-state index in [1.165, 1.54) is 23.5 Å². The van der Waals surface area contributed by atoms with Crippen LogP contribution in [-0.4, -0.2) is 0 Å². The number of hydrogen-bond acceptors (Lipinski definition) is 2. The van der Waals surface area contributed by atoms with Crippen LogP contribution in [0.5, 0.6) is 0 Å². The molecule has 0 saturated carbocycles. The number of nitrogens with two attached hydrogens (primary N) is 1. The normalized spacial score (nSPS) is 12.9. The monoisotopic (exact) mass is 327 g/mol. The van der Waals surface area contributed by atoms with Gasteiger partial charge in [0.25, 0.3) is 0 Å². The van der Waals surface area contributed by atoms with Gasteiger partial charge in [-0.05, 0) is 40.1 Å². The molecule has 0 unspecified atom stereocenters. The highest BCUT2D eigenvalue weighted by Gasteiger charge is 2.35. The first kappa shape index (κ1) is 16.3. The molecule has 2 N–H and O–H groups in total. The number of hydrogen-bond donors (Lipinski definition) is 1. The largest absolute Gasteiger partial charge is 0.416 e. The molecule has 1 atom stereocenters. The standard InChI is InChI=1S/C12H9ClF3NS.ClH/c13-8-1-2-9(10(5-8)12(14,15)16)11(17)7-3-4-18-6-7;/h1-6,11H,17H2;1H/t11-;/m0./s1. The van der Waals surface area contributed by atoms with E-state index in [0.29, 0.717) is 5.56 Å². The highest BCUT2D eigenvalue weighted by atomic mass is 35.5. The average molecular weight is 328 g/mol. The van der Waals surface area contributed by atoms with Crippen LogP contribution in [-0.2, 0) is 6.18 Å². The zero-order valence-electron chi connectivity index (χ0n) is 9.45. The van der Waals surface area contributed by atoms with Gasteiger partial charge in [0.2, 0.25) is 0 Å². The van der Waals surface area contributed by atoms with E-state index in [2.05, 4.69) is 0 Å². The molecule has 0 aliphatic carbocycles. The second-order valence-corrected chi connectivity index (χ2v) is 4.98. The lowest BCUT2D eigenvalue weighted by atomic mass is 9.96. The molecule has 0 saturated heterocycles. The Morgan fingerprint density at radius 3 is 2.42 bits per heavy atom. The van der Waals surface area contributed by atoms with E-state index in [4.69, 9.17) is 17.3 Å². The van der Waals surface area contributed by atoms with E-state index in [1.807, 2.05) is 0 Å². The molecular formula is C12H10Cl2F3NS. The molecule has 1 nitrogen and oxygen atoms in total. The Kier molecular flexibility index (Phi) is 5.26. The maximum Gasteiger partial charge on any atom is 0.416 e. The van der Waals surface area contributed by atoms with E-state index < -0.39 is 17.8 Å². The van der Waals surface area contributed by atoms with Crippen molar-refractivity contribution in [3.05, 3.63) is 56.7 Å². The minimum absolute atomic E-state index is 0. The van der Waals surface area contributed by atoms with Gasteiger partial charge in [0.1, 0.15) is 0 Å². The van der Waals surface area contributed by atoms with E-state index in [9.17, 15) is 13.2 Å². The van der Waals surface area contributed by atoms with E-state index in [0.717, 1.165) is 6.07 Å². The van der Waals surface area contributed by atoms with E-state index >= 15 is 0 Å². The summed E-state index contributed by atoms with van der Waals surface area (Å²) in [6.45, 7) is 0. The van der Waals surface area contributed by atoms with Gasteiger partial charge in [0, 0.05) is 5.02 Å². The van der Waals surface area contributed by atoms with Gasteiger partial charge in [-0.1, -0.05) is 17.7 Å². The van der Waals surface area contributed by atoms with Crippen molar-refractivity contribution in [1.82, 2.24) is 0 Å². The maximum atomic E-state index is 12.9. The van der Waals surface area contributed by atoms with Crippen LogP contribution >= 0.6 is 35.3 Å². The molecule has 1 aromatic heterocycles. The minimum Gasteiger partial charge on any atom is -0.320 e. The number of benzene rings is 1. The Morgan fingerprint density at radius 1 is 1.21 bits per heavy atom. The molecule has 1 heterocycles. The predicted molar refractivity (Wildman–Crippen MR) is 74.1 cm³/mol. The Bertz CT molecular complexity index is 540. The SMILES string of the molecule is Cl.N[C@@H](c1ccsc1)c1ccc(Cl)cc1C(F)(F)F. The molecule has 7 heteroatoms. The van der Waals surface area contributed by atoms with E-state index in [1.54, 1.807) is 16.8 Å². The van der Waals surface area contributed by atoms with Gasteiger partial charge in [-0.15, -0.1) is 12.4 Å². The molecule has 104 valence electrons. The third kappa shape index (κ3) is 3.63. The van der Waals surface area contributed by atoms with Crippen molar-refractivity contribution in [2.24, 2.45) is 5.73 Å². The second kappa shape index (κ2) is 6.13. The van der Waals surface area contributed by atoms with Crippen molar-refractivity contribution in [3.8, 4) is 0 Å². The number of thiophene rings is 1. The van der Waals surface area contributed by atoms with Gasteiger partial charge in [-0.2, -0.15) is 24.5 Å². The summed E-state index contributed by atoms with van der Waals surface area (Å²) < 4.78 is 38.8. The quantitative estimate of drug-likeness (QED) is 0.834. The molecule has 1 aromatic carbocycles. The summed E-state index contributed by atoms with van der Waals surface area (Å²) in [7, 11) is 0. The summed E-state index contributed by atoms with van der Waals surface area (Å²) in [5, 5.41) is 3.56. The van der Waals surface area contributed by atoms with Crippen LogP contribution in [0.4, 0.5) is 13.2 Å². The molecule has 0 aliphatic heterocycles. The first-order valence-electron chi connectivity index (χ1n) is 5.04. The molecule has 2 aromatic rings. The second-order valence-electron chi connectivity index (χ2n) is 3.76. The highest BCUT2D eigenvalue weighted by Crippen LogP contribution is 2.37. The lowest BCUT2D eigenvalue weighted by Crippen LogP contribution is -2.18. The summed E-state index contributed by atoms with van der Waals surface area (Å²) in [4.78, 5) is 0. The first-order chi connectivity index (χ1) is 8.39. The van der Waals surface area contributed by atoms with Crippen LogP contribution in [0.25, 0.3) is 0 Å². The van der Waals surface area contributed by atoms with Crippen LogP contribution in [0.15, 0.2) is 35.0 Å². The Morgan fingerprint density at radius 2 is 1.89 bits per heavy atom. The predicted octanol–water partition coefficient (Wildman–Crippen LogP) is 4.89. The Balaban J connectivity index is 0.00000180. The maximum absolute atomic E-state index is 12.9. The molecule has 19 heavy (non-hydrogen) atoms. The Hall–Kier alpha value is -0.750. The third-order valence-corrected chi connectivity index (χ3v) is 3.49. The zero-order chi connectivity index (χ0) is 13.3. The minimum atomic E-state index is -4.46. The molecule has 0 aliphatic rings. The van der Waals surface area contributed by atoms with Crippen LogP contribution in [0, 0.1) is 0 Å². The third-order valence-electron chi connectivity index (χ3n) is 2.56. The fourth-order valence-corrected chi connectivity index (χ4v) is 2.55. The summed E-state index contributed by atoms with van der Waals surface area (Å²) in [5.41, 5.74) is 5.78. The average Bonchev–Trinajstić information content (AvgIpc) is 2.80. The number of halogens is 5. The Labute approximate surface area is 123 Å². The van der Waals surface area contributed by atoms with Crippen molar-refractivity contribution in [1.29, 1.82) is 0 Å². The zero-order valence-corrected chi connectivity index (χ0v) is 11.8. The summed E-state index contributed by atoms with van der Waals surface area (Å²) in [5.74, 6) is 0. The molecule has 0 fully saturated rings. The lowest BCUT2D eigenvalue weighted by molar-refractivity contribution is -0.138. The van der Waals surface area contributed by atoms with Crippen molar-refractivity contribution in [3.63, 3.8) is 0 Å². The van der Waals surface area contributed by atoms with Crippen LogP contribution in [0.3, 0.4) is 0 Å². The smallest absolute Gasteiger partial charge is 0.320 e. The van der Waals surface area contributed by atoms with Crippen LogP contribution in [0.2, 0.25) is 5.02 Å². The van der Waals surface area contributed by atoms with Gasteiger partial charge in [0.15, 0.2) is 0 Å². The summed E-state index contributed by atoms with van der Waals surface area (Å²) in [6.07, 6.45) is -4.46. The highest BCUT2D eigenvalue weighted by molar-refractivity contribution is 7.08. The summed E-state index contributed by atoms with van der Waals surface area (Å²) in [6, 6.07) is 4.56. The fraction of sp³-hybridized carbons (Fsp3) is 0.167. The molecule has 0 radical (unpaired) electrons. The van der Waals surface area contributed by atoms with Gasteiger partial charge in [-0.3, -0.25) is 0 Å². The van der Waals surface area contributed by atoms with E-state index in [-0.39, 0.29) is 23.0 Å². The van der Waals surface area contributed by atoms with Gasteiger partial charge in [0.05, 0.1) is 11.6 Å². The molecule has 0 spiro atoms. The first-order valence-corrected chi connectivity index (χ1v) is 6.36. The van der Waals surface area contributed by atoms with Gasteiger partial charge >= 0.3 is 6.18 Å². The summed E-state index contributed by atoms with van der Waals surface area (Å²) >= 11 is 7.01. The number of alkyl halides is 3. The van der Waals surface area contributed by atoms with Crippen LogP contribution in [0.1, 0.15) is 22.7 Å². The molecule has 0 bridgehead atoms. The van der Waals surface area contributed by atoms with Crippen molar-refractivity contribution in [2.75, 3.05) is 0 Å².